The van der Waals surface area contributed by atoms with Gasteiger partial charge in [-0.3, -0.25) is 0 Å². The molecule has 0 radical (unpaired) electrons. The van der Waals surface area contributed by atoms with Gasteiger partial charge in [0.1, 0.15) is 0 Å². The molecular weight excluding hydrogens is 258 g/mol. The van der Waals surface area contributed by atoms with Crippen LogP contribution in [0.4, 0.5) is 11.4 Å². The minimum absolute atomic E-state index is 0.479. The summed E-state index contributed by atoms with van der Waals surface area (Å²) < 4.78 is 26.5. The van der Waals surface area contributed by atoms with Crippen molar-refractivity contribution in [3.63, 3.8) is 0 Å². The molecule has 0 bridgehead atoms. The third-order valence-corrected chi connectivity index (χ3v) is 4.95. The van der Waals surface area contributed by atoms with Crippen LogP contribution in [0.1, 0.15) is 13.8 Å². The lowest BCUT2D eigenvalue weighted by molar-refractivity contribution is 0.587. The Morgan fingerprint density at radius 2 is 1.16 bits per heavy atom. The fourth-order valence-corrected chi connectivity index (χ4v) is 3.03. The van der Waals surface area contributed by atoms with Gasteiger partial charge in [0.05, 0.1) is 16.6 Å². The second kappa shape index (κ2) is 5.45. The van der Waals surface area contributed by atoms with Crippen LogP contribution < -0.4 is 4.31 Å². The van der Waals surface area contributed by atoms with Crippen molar-refractivity contribution in [1.29, 1.82) is 0 Å². The van der Waals surface area contributed by atoms with Gasteiger partial charge in [-0.2, -0.15) is 0 Å². The Morgan fingerprint density at radius 3 is 1.47 bits per heavy atom. The van der Waals surface area contributed by atoms with E-state index in [0.717, 1.165) is 0 Å². The highest BCUT2D eigenvalue weighted by atomic mass is 32.2. The van der Waals surface area contributed by atoms with Gasteiger partial charge in [0, 0.05) is 0 Å². The zero-order valence-corrected chi connectivity index (χ0v) is 11.8. The summed E-state index contributed by atoms with van der Waals surface area (Å²) >= 11 is 0. The van der Waals surface area contributed by atoms with Crippen molar-refractivity contribution in [2.45, 2.75) is 19.1 Å². The minimum Gasteiger partial charge on any atom is -0.238 e. The zero-order chi connectivity index (χ0) is 13.9. The maximum atomic E-state index is 12.6. The summed E-state index contributed by atoms with van der Waals surface area (Å²) in [6, 6.07) is 18.3. The summed E-state index contributed by atoms with van der Waals surface area (Å²) in [7, 11) is -3.41. The molecule has 0 aliphatic carbocycles. The van der Waals surface area contributed by atoms with Gasteiger partial charge in [-0.15, -0.1) is 0 Å². The van der Waals surface area contributed by atoms with Gasteiger partial charge >= 0.3 is 0 Å². The van der Waals surface area contributed by atoms with Crippen molar-refractivity contribution in [2.75, 3.05) is 4.31 Å². The van der Waals surface area contributed by atoms with Crippen molar-refractivity contribution >= 4 is 21.4 Å². The largest absolute Gasteiger partial charge is 0.241 e. The number of hydrogen-bond donors (Lipinski definition) is 0. The first-order valence-electron chi connectivity index (χ1n) is 6.17. The van der Waals surface area contributed by atoms with Crippen LogP contribution in [-0.2, 0) is 10.0 Å². The molecule has 0 unspecified atom stereocenters. The maximum Gasteiger partial charge on any atom is 0.241 e. The van der Waals surface area contributed by atoms with E-state index in [2.05, 4.69) is 0 Å². The van der Waals surface area contributed by atoms with Gasteiger partial charge in [0.15, 0.2) is 0 Å². The van der Waals surface area contributed by atoms with Crippen LogP contribution in [0.2, 0.25) is 0 Å². The molecule has 0 aliphatic rings. The number of sulfonamides is 1. The lowest BCUT2D eigenvalue weighted by atomic mass is 10.3. The molecule has 0 fully saturated rings. The standard InChI is InChI=1S/C15H17NO2S/c1-13(2)19(17,18)16(14-9-5-3-6-10-14)15-11-7-4-8-12-15/h3-13H,1-2H3. The lowest BCUT2D eigenvalue weighted by Gasteiger charge is -2.26. The van der Waals surface area contributed by atoms with Gasteiger partial charge in [0.25, 0.3) is 0 Å². The molecule has 19 heavy (non-hydrogen) atoms. The van der Waals surface area contributed by atoms with E-state index < -0.39 is 15.3 Å². The molecule has 3 nitrogen and oxygen atoms in total. The first-order chi connectivity index (χ1) is 9.03. The van der Waals surface area contributed by atoms with E-state index in [4.69, 9.17) is 0 Å². The van der Waals surface area contributed by atoms with Crippen LogP contribution in [0.5, 0.6) is 0 Å². The number of anilines is 2. The van der Waals surface area contributed by atoms with Crippen molar-refractivity contribution in [1.82, 2.24) is 0 Å². The zero-order valence-electron chi connectivity index (χ0n) is 11.0. The van der Waals surface area contributed by atoms with Gasteiger partial charge < -0.3 is 0 Å². The molecule has 0 atom stereocenters. The monoisotopic (exact) mass is 275 g/mol. The highest BCUT2D eigenvalue weighted by molar-refractivity contribution is 7.93. The van der Waals surface area contributed by atoms with Crippen LogP contribution >= 0.6 is 0 Å². The van der Waals surface area contributed by atoms with E-state index in [1.165, 1.54) is 4.31 Å². The Labute approximate surface area is 114 Å². The van der Waals surface area contributed by atoms with Gasteiger partial charge in [-0.1, -0.05) is 36.4 Å². The molecule has 2 aromatic carbocycles. The van der Waals surface area contributed by atoms with E-state index in [0.29, 0.717) is 11.4 Å². The Balaban J connectivity index is 2.59. The van der Waals surface area contributed by atoms with Crippen LogP contribution in [-0.4, -0.2) is 13.7 Å². The first-order valence-corrected chi connectivity index (χ1v) is 7.68. The Hall–Kier alpha value is -1.81. The average Bonchev–Trinajstić information content (AvgIpc) is 2.41. The van der Waals surface area contributed by atoms with Crippen LogP contribution in [0.25, 0.3) is 0 Å². The fourth-order valence-electron chi connectivity index (χ4n) is 1.78. The fraction of sp³-hybridized carbons (Fsp3) is 0.200. The summed E-state index contributed by atoms with van der Waals surface area (Å²) in [5.74, 6) is 0. The van der Waals surface area contributed by atoms with E-state index in [1.807, 2.05) is 36.4 Å². The predicted octanol–water partition coefficient (Wildman–Crippen LogP) is 3.56. The van der Waals surface area contributed by atoms with Crippen LogP contribution in [0.3, 0.4) is 0 Å². The molecular formula is C15H17NO2S. The lowest BCUT2D eigenvalue weighted by Crippen LogP contribution is -2.32. The smallest absolute Gasteiger partial charge is 0.238 e. The number of hydrogen-bond acceptors (Lipinski definition) is 2. The summed E-state index contributed by atoms with van der Waals surface area (Å²) in [6.07, 6.45) is 0. The second-order valence-corrected chi connectivity index (χ2v) is 6.87. The first kappa shape index (κ1) is 13.6. The highest BCUT2D eigenvalue weighted by Crippen LogP contribution is 2.30. The third kappa shape index (κ3) is 2.79. The predicted molar refractivity (Wildman–Crippen MR) is 79.1 cm³/mol. The normalized spacial score (nSPS) is 11.5. The number of para-hydroxylation sites is 2. The quantitative estimate of drug-likeness (QED) is 0.855. The summed E-state index contributed by atoms with van der Waals surface area (Å²) in [4.78, 5) is 0. The average molecular weight is 275 g/mol. The molecule has 2 aromatic rings. The minimum atomic E-state index is -3.41. The molecule has 100 valence electrons. The molecule has 2 rings (SSSR count). The molecule has 0 saturated carbocycles. The third-order valence-electron chi connectivity index (χ3n) is 2.83. The van der Waals surface area contributed by atoms with Gasteiger partial charge in [0.2, 0.25) is 10.0 Å². The second-order valence-electron chi connectivity index (χ2n) is 4.53. The molecule has 0 aliphatic heterocycles. The molecule has 0 saturated heterocycles. The van der Waals surface area contributed by atoms with Crippen LogP contribution in [0, 0.1) is 0 Å². The Kier molecular flexibility index (Phi) is 3.90. The van der Waals surface area contributed by atoms with Gasteiger partial charge in [-0.25, -0.2) is 12.7 Å². The van der Waals surface area contributed by atoms with Crippen molar-refractivity contribution in [3.05, 3.63) is 60.7 Å². The number of rotatable bonds is 4. The molecule has 0 N–H and O–H groups in total. The number of benzene rings is 2. The van der Waals surface area contributed by atoms with E-state index in [-0.39, 0.29) is 0 Å². The topological polar surface area (TPSA) is 37.4 Å². The highest BCUT2D eigenvalue weighted by Gasteiger charge is 2.27. The van der Waals surface area contributed by atoms with E-state index >= 15 is 0 Å². The van der Waals surface area contributed by atoms with E-state index in [1.54, 1.807) is 38.1 Å². The molecule has 0 spiro atoms. The number of nitrogens with zero attached hydrogens (tertiary/aromatic N) is 1. The summed E-state index contributed by atoms with van der Waals surface area (Å²) in [5.41, 5.74) is 1.31. The van der Waals surface area contributed by atoms with Crippen molar-refractivity contribution in [2.24, 2.45) is 0 Å². The summed E-state index contributed by atoms with van der Waals surface area (Å²) in [5, 5.41) is -0.479. The molecule has 0 aromatic heterocycles. The Morgan fingerprint density at radius 1 is 0.789 bits per heavy atom. The van der Waals surface area contributed by atoms with Crippen molar-refractivity contribution < 1.29 is 8.42 Å². The summed E-state index contributed by atoms with van der Waals surface area (Å²) in [6.45, 7) is 3.38. The molecule has 4 heteroatoms. The molecule has 0 amide bonds. The van der Waals surface area contributed by atoms with Crippen LogP contribution in [0.15, 0.2) is 60.7 Å². The molecule has 0 heterocycles. The van der Waals surface area contributed by atoms with E-state index in [9.17, 15) is 8.42 Å². The maximum absolute atomic E-state index is 12.6. The van der Waals surface area contributed by atoms with Crippen molar-refractivity contribution in [3.8, 4) is 0 Å². The Bertz CT molecular complexity index is 582. The SMILES string of the molecule is CC(C)S(=O)(=O)N(c1ccccc1)c1ccccc1. The van der Waals surface area contributed by atoms with Gasteiger partial charge in [-0.05, 0) is 38.1 Å².